The van der Waals surface area contributed by atoms with Gasteiger partial charge in [0, 0.05) is 5.56 Å². The highest BCUT2D eigenvalue weighted by Crippen LogP contribution is 2.44. The van der Waals surface area contributed by atoms with Crippen LogP contribution in [0.5, 0.6) is 0 Å². The van der Waals surface area contributed by atoms with Crippen molar-refractivity contribution < 1.29 is 8.78 Å². The van der Waals surface area contributed by atoms with Gasteiger partial charge in [-0.05, 0) is 18.1 Å². The second kappa shape index (κ2) is 4.26. The van der Waals surface area contributed by atoms with Gasteiger partial charge in [0.2, 0.25) is 0 Å². The van der Waals surface area contributed by atoms with E-state index in [0.717, 1.165) is 12.0 Å². The maximum absolute atomic E-state index is 14.3. The first-order chi connectivity index (χ1) is 9.13. The van der Waals surface area contributed by atoms with E-state index in [9.17, 15) is 8.78 Å². The Morgan fingerprint density at radius 1 is 1.00 bits per heavy atom. The third-order valence-corrected chi connectivity index (χ3v) is 3.41. The molecule has 0 aromatic heterocycles. The molecular formula is C16H13F2N. The average molecular weight is 257 g/mol. The summed E-state index contributed by atoms with van der Waals surface area (Å²) >= 11 is 0. The van der Waals surface area contributed by atoms with E-state index in [-0.39, 0.29) is 11.3 Å². The smallest absolute Gasteiger partial charge is 0.246 e. The second-order valence-corrected chi connectivity index (χ2v) is 4.60. The maximum atomic E-state index is 14.3. The number of hydrogen-bond donors (Lipinski definition) is 0. The van der Waals surface area contributed by atoms with Crippen LogP contribution in [0.3, 0.4) is 0 Å². The summed E-state index contributed by atoms with van der Waals surface area (Å²) in [5, 5.41) is 0. The minimum atomic E-state index is -3.01. The molecule has 0 amide bonds. The van der Waals surface area contributed by atoms with Gasteiger partial charge in [0.05, 0.1) is 11.3 Å². The Hall–Kier alpha value is -2.03. The molecule has 0 bridgehead atoms. The molecule has 3 rings (SSSR count). The van der Waals surface area contributed by atoms with E-state index < -0.39 is 5.92 Å². The summed E-state index contributed by atoms with van der Waals surface area (Å²) in [7, 11) is 0. The predicted molar refractivity (Wildman–Crippen MR) is 72.4 cm³/mol. The van der Waals surface area contributed by atoms with Gasteiger partial charge in [-0.1, -0.05) is 49.4 Å². The predicted octanol–water partition coefficient (Wildman–Crippen LogP) is 4.48. The number of nitrogens with zero attached hydrogens (tertiary/aromatic N) is 1. The second-order valence-electron chi connectivity index (χ2n) is 4.60. The van der Waals surface area contributed by atoms with Crippen molar-refractivity contribution >= 4 is 11.4 Å². The molecule has 0 fully saturated rings. The van der Waals surface area contributed by atoms with Crippen molar-refractivity contribution in [3.05, 3.63) is 65.2 Å². The van der Waals surface area contributed by atoms with Crippen molar-refractivity contribution in [3.8, 4) is 0 Å². The zero-order valence-electron chi connectivity index (χ0n) is 10.5. The first-order valence-electron chi connectivity index (χ1n) is 6.28. The maximum Gasteiger partial charge on any atom is 0.317 e. The van der Waals surface area contributed by atoms with E-state index in [4.69, 9.17) is 0 Å². The van der Waals surface area contributed by atoms with E-state index in [1.165, 1.54) is 6.07 Å². The van der Waals surface area contributed by atoms with Crippen molar-refractivity contribution in [2.75, 3.05) is 0 Å². The molecule has 3 heteroatoms. The third-order valence-electron chi connectivity index (χ3n) is 3.41. The highest BCUT2D eigenvalue weighted by atomic mass is 19.3. The highest BCUT2D eigenvalue weighted by Gasteiger charge is 2.44. The molecule has 0 N–H and O–H groups in total. The average Bonchev–Trinajstić information content (AvgIpc) is 2.71. The number of rotatable bonds is 2. The van der Waals surface area contributed by atoms with Crippen LogP contribution in [-0.2, 0) is 12.3 Å². The monoisotopic (exact) mass is 257 g/mol. The topological polar surface area (TPSA) is 12.4 Å². The molecule has 96 valence electrons. The summed E-state index contributed by atoms with van der Waals surface area (Å²) < 4.78 is 28.7. The molecule has 19 heavy (non-hydrogen) atoms. The fourth-order valence-corrected chi connectivity index (χ4v) is 2.30. The van der Waals surface area contributed by atoms with Crippen molar-refractivity contribution in [3.63, 3.8) is 0 Å². The Balaban J connectivity index is 2.07. The highest BCUT2D eigenvalue weighted by molar-refractivity contribution is 6.10. The lowest BCUT2D eigenvalue weighted by molar-refractivity contribution is 0.0810. The normalized spacial score (nSPS) is 16.1. The van der Waals surface area contributed by atoms with Gasteiger partial charge in [-0.15, -0.1) is 0 Å². The first-order valence-corrected chi connectivity index (χ1v) is 6.28. The number of para-hydroxylation sites is 1. The lowest BCUT2D eigenvalue weighted by Crippen LogP contribution is -2.23. The number of hydrogen-bond acceptors (Lipinski definition) is 1. The lowest BCUT2D eigenvalue weighted by Gasteiger charge is -2.14. The van der Waals surface area contributed by atoms with Crippen LogP contribution < -0.4 is 0 Å². The van der Waals surface area contributed by atoms with Crippen molar-refractivity contribution in [1.29, 1.82) is 0 Å². The fourth-order valence-electron chi connectivity index (χ4n) is 2.30. The van der Waals surface area contributed by atoms with Gasteiger partial charge >= 0.3 is 5.92 Å². The van der Waals surface area contributed by atoms with Gasteiger partial charge in [0.1, 0.15) is 5.71 Å². The molecule has 2 aromatic carbocycles. The van der Waals surface area contributed by atoms with Crippen LogP contribution in [0.2, 0.25) is 0 Å². The van der Waals surface area contributed by atoms with Crippen molar-refractivity contribution in [1.82, 2.24) is 0 Å². The van der Waals surface area contributed by atoms with Gasteiger partial charge in [-0.3, -0.25) is 0 Å². The van der Waals surface area contributed by atoms with Crippen LogP contribution in [0, 0.1) is 0 Å². The molecule has 2 aromatic rings. The summed E-state index contributed by atoms with van der Waals surface area (Å²) in [6.45, 7) is 2.03. The number of aryl methyl sites for hydroxylation is 1. The molecule has 0 atom stereocenters. The Kier molecular flexibility index (Phi) is 2.70. The zero-order valence-corrected chi connectivity index (χ0v) is 10.5. The van der Waals surface area contributed by atoms with Gasteiger partial charge < -0.3 is 0 Å². The Labute approximate surface area is 110 Å². The molecule has 0 saturated carbocycles. The number of fused-ring (bicyclic) bond motifs is 1. The SMILES string of the molecule is CCc1ccc(C2=Nc3ccccc3C2(F)F)cc1. The van der Waals surface area contributed by atoms with Crippen LogP contribution in [-0.4, -0.2) is 5.71 Å². The molecule has 0 aliphatic carbocycles. The lowest BCUT2D eigenvalue weighted by atomic mass is 9.99. The van der Waals surface area contributed by atoms with E-state index in [1.54, 1.807) is 30.3 Å². The fraction of sp³-hybridized carbons (Fsp3) is 0.188. The van der Waals surface area contributed by atoms with Crippen LogP contribution in [0.1, 0.15) is 23.6 Å². The summed E-state index contributed by atoms with van der Waals surface area (Å²) in [5.41, 5.74) is 1.81. The Morgan fingerprint density at radius 3 is 2.32 bits per heavy atom. The van der Waals surface area contributed by atoms with Gasteiger partial charge in [-0.25, -0.2) is 4.99 Å². The molecular weight excluding hydrogens is 244 g/mol. The standard InChI is InChI=1S/C16H13F2N/c1-2-11-7-9-12(10-8-11)15-16(17,18)13-5-3-4-6-14(13)19-15/h3-10H,2H2,1H3. The van der Waals surface area contributed by atoms with E-state index in [0.29, 0.717) is 11.3 Å². The summed E-state index contributed by atoms with van der Waals surface area (Å²) in [4.78, 5) is 4.10. The number of halogens is 2. The summed E-state index contributed by atoms with van der Waals surface area (Å²) in [5.74, 6) is -3.01. The number of aliphatic imine (C=N–C) groups is 1. The summed E-state index contributed by atoms with van der Waals surface area (Å²) in [6, 6.07) is 13.6. The minimum Gasteiger partial charge on any atom is -0.246 e. The summed E-state index contributed by atoms with van der Waals surface area (Å²) in [6.07, 6.45) is 0.892. The molecule has 1 aliphatic rings. The largest absolute Gasteiger partial charge is 0.317 e. The van der Waals surface area contributed by atoms with E-state index in [2.05, 4.69) is 4.99 Å². The number of alkyl halides is 2. The molecule has 0 radical (unpaired) electrons. The molecule has 0 saturated heterocycles. The molecule has 1 nitrogen and oxygen atoms in total. The van der Waals surface area contributed by atoms with Crippen LogP contribution >= 0.6 is 0 Å². The number of benzene rings is 2. The molecule has 0 spiro atoms. The van der Waals surface area contributed by atoms with Gasteiger partial charge in [0.15, 0.2) is 0 Å². The van der Waals surface area contributed by atoms with Gasteiger partial charge in [-0.2, -0.15) is 8.78 Å². The molecule has 0 unspecified atom stereocenters. The van der Waals surface area contributed by atoms with E-state index in [1.807, 2.05) is 19.1 Å². The van der Waals surface area contributed by atoms with Crippen LogP contribution in [0.15, 0.2) is 53.5 Å². The van der Waals surface area contributed by atoms with Crippen LogP contribution in [0.25, 0.3) is 0 Å². The van der Waals surface area contributed by atoms with Crippen LogP contribution in [0.4, 0.5) is 14.5 Å². The Bertz CT molecular complexity index is 642. The van der Waals surface area contributed by atoms with E-state index >= 15 is 0 Å². The molecule has 1 aliphatic heterocycles. The molecule has 1 heterocycles. The van der Waals surface area contributed by atoms with Crippen molar-refractivity contribution in [2.45, 2.75) is 19.3 Å². The van der Waals surface area contributed by atoms with Crippen molar-refractivity contribution in [2.24, 2.45) is 4.99 Å². The zero-order chi connectivity index (χ0) is 13.5. The first kappa shape index (κ1) is 12.0. The third kappa shape index (κ3) is 1.86. The van der Waals surface area contributed by atoms with Gasteiger partial charge in [0.25, 0.3) is 0 Å². The minimum absolute atomic E-state index is 0.00966. The quantitative estimate of drug-likeness (QED) is 0.752. The Morgan fingerprint density at radius 2 is 1.68 bits per heavy atom.